The number of hydrogen-bond acceptors (Lipinski definition) is 5. The minimum atomic E-state index is -0.291. The van der Waals surface area contributed by atoms with Crippen LogP contribution in [0.15, 0.2) is 73.1 Å². The fourth-order valence-electron chi connectivity index (χ4n) is 3.29. The SMILES string of the molecule is COc1ccccc1-c1nn(CC(=O)Nc2ccc(C(C)=O)cc2)c(=S)n1-n1cccc1. The number of nitrogens with zero attached hydrogens (tertiary/aromatic N) is 4. The molecule has 1 amide bonds. The van der Waals surface area contributed by atoms with Crippen LogP contribution in [0.5, 0.6) is 5.75 Å². The largest absolute Gasteiger partial charge is 0.496 e. The number of ketones is 1. The zero-order valence-electron chi connectivity index (χ0n) is 17.6. The van der Waals surface area contributed by atoms with Gasteiger partial charge in [0.2, 0.25) is 10.7 Å². The number of hydrogen-bond donors (Lipinski definition) is 1. The van der Waals surface area contributed by atoms with Crippen molar-refractivity contribution in [2.75, 3.05) is 12.4 Å². The first-order valence-electron chi connectivity index (χ1n) is 9.85. The zero-order valence-corrected chi connectivity index (χ0v) is 18.4. The van der Waals surface area contributed by atoms with Crippen molar-refractivity contribution in [3.8, 4) is 17.1 Å². The van der Waals surface area contributed by atoms with Gasteiger partial charge in [0.25, 0.3) is 0 Å². The fraction of sp³-hybridized carbons (Fsp3) is 0.130. The Morgan fingerprint density at radius 1 is 1.03 bits per heavy atom. The minimum Gasteiger partial charge on any atom is -0.496 e. The highest BCUT2D eigenvalue weighted by Gasteiger charge is 2.19. The third kappa shape index (κ3) is 4.23. The molecule has 4 rings (SSSR count). The lowest BCUT2D eigenvalue weighted by Crippen LogP contribution is -2.20. The van der Waals surface area contributed by atoms with Crippen molar-refractivity contribution in [3.05, 3.63) is 83.4 Å². The van der Waals surface area contributed by atoms with Gasteiger partial charge in [-0.2, -0.15) is 0 Å². The van der Waals surface area contributed by atoms with E-state index in [-0.39, 0.29) is 18.2 Å². The second-order valence-corrected chi connectivity index (χ2v) is 7.39. The van der Waals surface area contributed by atoms with Gasteiger partial charge < -0.3 is 10.1 Å². The van der Waals surface area contributed by atoms with Crippen molar-refractivity contribution < 1.29 is 14.3 Å². The maximum absolute atomic E-state index is 12.7. The minimum absolute atomic E-state index is 0.0337. The average molecular weight is 448 g/mol. The van der Waals surface area contributed by atoms with Gasteiger partial charge in [0.1, 0.15) is 12.3 Å². The van der Waals surface area contributed by atoms with Crippen LogP contribution in [0.4, 0.5) is 5.69 Å². The van der Waals surface area contributed by atoms with Gasteiger partial charge in [0, 0.05) is 23.6 Å². The summed E-state index contributed by atoms with van der Waals surface area (Å²) in [6.45, 7) is 1.42. The van der Waals surface area contributed by atoms with Crippen LogP contribution in [-0.2, 0) is 11.3 Å². The second kappa shape index (κ2) is 9.03. The summed E-state index contributed by atoms with van der Waals surface area (Å²) in [7, 11) is 1.59. The van der Waals surface area contributed by atoms with Crippen molar-refractivity contribution in [1.29, 1.82) is 0 Å². The molecular formula is C23H21N5O3S. The van der Waals surface area contributed by atoms with Gasteiger partial charge in [0.05, 0.1) is 12.7 Å². The molecule has 9 heteroatoms. The maximum Gasteiger partial charge on any atom is 0.246 e. The first-order chi connectivity index (χ1) is 15.5. The lowest BCUT2D eigenvalue weighted by molar-refractivity contribution is -0.116. The molecule has 8 nitrogen and oxygen atoms in total. The van der Waals surface area contributed by atoms with Crippen LogP contribution < -0.4 is 10.1 Å². The molecule has 0 aliphatic carbocycles. The predicted octanol–water partition coefficient (Wildman–Crippen LogP) is 4.04. The number of carbonyl (C=O) groups excluding carboxylic acids is 2. The van der Waals surface area contributed by atoms with Crippen molar-refractivity contribution >= 4 is 29.6 Å². The Morgan fingerprint density at radius 3 is 2.38 bits per heavy atom. The smallest absolute Gasteiger partial charge is 0.246 e. The third-order valence-corrected chi connectivity index (χ3v) is 5.24. The van der Waals surface area contributed by atoms with Crippen molar-refractivity contribution in [1.82, 2.24) is 19.1 Å². The van der Waals surface area contributed by atoms with Crippen molar-refractivity contribution in [3.63, 3.8) is 0 Å². The molecule has 0 bridgehead atoms. The molecule has 0 saturated carbocycles. The fourth-order valence-corrected chi connectivity index (χ4v) is 3.58. The number of benzene rings is 2. The van der Waals surface area contributed by atoms with Gasteiger partial charge in [-0.05, 0) is 67.7 Å². The average Bonchev–Trinajstić information content (AvgIpc) is 3.42. The van der Waals surface area contributed by atoms with Crippen molar-refractivity contribution in [2.24, 2.45) is 0 Å². The third-order valence-electron chi connectivity index (χ3n) is 4.85. The molecule has 4 aromatic rings. The molecule has 2 heterocycles. The van der Waals surface area contributed by atoms with E-state index in [0.29, 0.717) is 27.6 Å². The number of Topliss-reactive ketones (excluding diaryl/α,β-unsaturated/α-hetero) is 1. The number of nitrogens with one attached hydrogen (secondary N) is 1. The summed E-state index contributed by atoms with van der Waals surface area (Å²) in [4.78, 5) is 24.1. The van der Waals surface area contributed by atoms with Crippen LogP contribution in [0, 0.1) is 4.77 Å². The van der Waals surface area contributed by atoms with E-state index in [1.165, 1.54) is 11.6 Å². The van der Waals surface area contributed by atoms with E-state index in [0.717, 1.165) is 5.56 Å². The maximum atomic E-state index is 12.7. The summed E-state index contributed by atoms with van der Waals surface area (Å²) >= 11 is 5.65. The molecule has 0 aliphatic heterocycles. The van der Waals surface area contributed by atoms with E-state index < -0.39 is 0 Å². The van der Waals surface area contributed by atoms with Crippen LogP contribution in [0.25, 0.3) is 11.4 Å². The predicted molar refractivity (Wildman–Crippen MR) is 123 cm³/mol. The number of anilines is 1. The Hall–Kier alpha value is -3.98. The summed E-state index contributed by atoms with van der Waals surface area (Å²) in [5, 5.41) is 7.44. The van der Waals surface area contributed by atoms with Gasteiger partial charge in [-0.25, -0.2) is 9.36 Å². The summed E-state index contributed by atoms with van der Waals surface area (Å²) in [6.07, 6.45) is 3.69. The number of aromatic nitrogens is 4. The summed E-state index contributed by atoms with van der Waals surface area (Å²) in [5.74, 6) is 0.860. The lowest BCUT2D eigenvalue weighted by Gasteiger charge is -2.10. The Kier molecular flexibility index (Phi) is 6.00. The Bertz CT molecular complexity index is 1320. The number of rotatable bonds is 7. The zero-order chi connectivity index (χ0) is 22.7. The van der Waals surface area contributed by atoms with E-state index in [1.807, 2.05) is 48.8 Å². The number of para-hydroxylation sites is 1. The van der Waals surface area contributed by atoms with Crippen LogP contribution in [0.1, 0.15) is 17.3 Å². The molecule has 32 heavy (non-hydrogen) atoms. The van der Waals surface area contributed by atoms with E-state index in [4.69, 9.17) is 17.0 Å². The van der Waals surface area contributed by atoms with Gasteiger partial charge in [-0.15, -0.1) is 5.10 Å². The first kappa shape index (κ1) is 21.3. The molecule has 1 N–H and O–H groups in total. The molecule has 0 fully saturated rings. The van der Waals surface area contributed by atoms with Gasteiger partial charge in [0.15, 0.2) is 11.6 Å². The Labute approximate surface area is 189 Å². The number of carbonyl (C=O) groups is 2. The highest BCUT2D eigenvalue weighted by Crippen LogP contribution is 2.29. The molecule has 0 saturated heterocycles. The normalized spacial score (nSPS) is 10.7. The standard InChI is InChI=1S/C23H21N5O3S/c1-16(29)17-9-11-18(12-10-17)24-21(30)15-27-23(32)28(26-13-5-6-14-26)22(25-27)19-7-3-4-8-20(19)31-2/h3-14H,15H2,1-2H3,(H,24,30). The Balaban J connectivity index is 1.67. The van der Waals surface area contributed by atoms with Crippen LogP contribution in [0.2, 0.25) is 0 Å². The lowest BCUT2D eigenvalue weighted by atomic mass is 10.1. The van der Waals surface area contributed by atoms with Crippen LogP contribution in [0.3, 0.4) is 0 Å². The highest BCUT2D eigenvalue weighted by molar-refractivity contribution is 7.71. The highest BCUT2D eigenvalue weighted by atomic mass is 32.1. The van der Waals surface area contributed by atoms with E-state index in [1.54, 1.807) is 40.7 Å². The van der Waals surface area contributed by atoms with Crippen molar-refractivity contribution in [2.45, 2.75) is 13.5 Å². The Morgan fingerprint density at radius 2 is 1.72 bits per heavy atom. The van der Waals surface area contributed by atoms with Gasteiger partial charge >= 0.3 is 0 Å². The van der Waals surface area contributed by atoms with Crippen LogP contribution >= 0.6 is 12.2 Å². The summed E-state index contributed by atoms with van der Waals surface area (Å²) < 4.78 is 10.9. The number of amides is 1. The molecule has 162 valence electrons. The number of ether oxygens (including phenoxy) is 1. The molecule has 0 spiro atoms. The van der Waals surface area contributed by atoms with Crippen LogP contribution in [-0.4, -0.2) is 37.9 Å². The molecule has 0 radical (unpaired) electrons. The van der Waals surface area contributed by atoms with E-state index in [2.05, 4.69) is 10.4 Å². The molecular weight excluding hydrogens is 426 g/mol. The molecule has 2 aromatic carbocycles. The van der Waals surface area contributed by atoms with E-state index in [9.17, 15) is 9.59 Å². The van der Waals surface area contributed by atoms with Gasteiger partial charge in [-0.1, -0.05) is 12.1 Å². The van der Waals surface area contributed by atoms with Gasteiger partial charge in [-0.3, -0.25) is 14.3 Å². The first-order valence-corrected chi connectivity index (χ1v) is 10.3. The summed E-state index contributed by atoms with van der Waals surface area (Å²) in [6, 6.07) is 18.0. The quantitative estimate of drug-likeness (QED) is 0.341. The molecule has 0 atom stereocenters. The topological polar surface area (TPSA) is 83.1 Å². The number of methoxy groups -OCH3 is 1. The second-order valence-electron chi connectivity index (χ2n) is 7.02. The molecule has 0 unspecified atom stereocenters. The monoisotopic (exact) mass is 447 g/mol. The summed E-state index contributed by atoms with van der Waals surface area (Å²) in [5.41, 5.74) is 1.91. The molecule has 2 aromatic heterocycles. The van der Waals surface area contributed by atoms with E-state index >= 15 is 0 Å². The molecule has 0 aliphatic rings.